The molecule has 1 amide bonds. The van der Waals surface area contributed by atoms with E-state index in [-0.39, 0.29) is 16.7 Å². The Kier molecular flexibility index (Phi) is 6.77. The molecule has 3 aromatic rings. The summed E-state index contributed by atoms with van der Waals surface area (Å²) in [6, 6.07) is 19.8. The van der Waals surface area contributed by atoms with E-state index in [4.69, 9.17) is 4.74 Å². The highest BCUT2D eigenvalue weighted by Gasteiger charge is 2.47. The first-order chi connectivity index (χ1) is 17.0. The molecule has 1 saturated heterocycles. The van der Waals surface area contributed by atoms with Crippen molar-refractivity contribution in [3.8, 4) is 5.75 Å². The summed E-state index contributed by atoms with van der Waals surface area (Å²) in [6.07, 6.45) is 0. The van der Waals surface area contributed by atoms with Gasteiger partial charge in [-0.25, -0.2) is 0 Å². The minimum absolute atomic E-state index is 0.0500. The maximum atomic E-state index is 13.4. The van der Waals surface area contributed by atoms with Crippen LogP contribution in [0.3, 0.4) is 0 Å². The van der Waals surface area contributed by atoms with Crippen molar-refractivity contribution < 1.29 is 19.4 Å². The molecule has 0 saturated carbocycles. The van der Waals surface area contributed by atoms with Gasteiger partial charge in [-0.05, 0) is 66.6 Å². The average Bonchev–Trinajstić information content (AvgIpc) is 3.10. The number of nitrogens with zero attached hydrogens (tertiary/aromatic N) is 1. The number of ether oxygens (including phenoxy) is 1. The summed E-state index contributed by atoms with van der Waals surface area (Å²) in [5.41, 5.74) is 5.02. The number of hydrogen-bond acceptors (Lipinski definition) is 4. The number of aryl methyl sites for hydroxylation is 2. The van der Waals surface area contributed by atoms with Gasteiger partial charge in [0.25, 0.3) is 11.7 Å². The number of aliphatic hydroxyl groups excluding tert-OH is 1. The number of hydrogen-bond donors (Lipinski definition) is 1. The van der Waals surface area contributed by atoms with Crippen LogP contribution in [0.25, 0.3) is 5.76 Å². The van der Waals surface area contributed by atoms with E-state index in [1.165, 1.54) is 4.90 Å². The van der Waals surface area contributed by atoms with Crippen molar-refractivity contribution in [1.29, 1.82) is 0 Å². The largest absolute Gasteiger partial charge is 0.507 e. The number of Topliss-reactive ketones (excluding diaryl/α,β-unsaturated/α-hetero) is 1. The summed E-state index contributed by atoms with van der Waals surface area (Å²) in [7, 11) is 0. The molecule has 1 unspecified atom stereocenters. The Labute approximate surface area is 213 Å². The molecule has 0 aliphatic carbocycles. The summed E-state index contributed by atoms with van der Waals surface area (Å²) in [5.74, 6) is -0.964. The SMILES string of the molecule is CCOc1cccc(N2C(=O)C(=O)/C(=C(/O)c3ccc(C)c(C)c3)C2c2ccc(C(C)(C)C)cc2)c1. The van der Waals surface area contributed by atoms with Gasteiger partial charge in [0.2, 0.25) is 0 Å². The Morgan fingerprint density at radius 2 is 1.64 bits per heavy atom. The number of carbonyl (C=O) groups excluding carboxylic acids is 2. The molecule has 5 heteroatoms. The van der Waals surface area contributed by atoms with Crippen LogP contribution in [0.1, 0.15) is 61.6 Å². The molecule has 1 heterocycles. The summed E-state index contributed by atoms with van der Waals surface area (Å²) in [5, 5.41) is 11.4. The van der Waals surface area contributed by atoms with Crippen molar-refractivity contribution in [2.45, 2.75) is 53.0 Å². The molecule has 1 aliphatic rings. The minimum Gasteiger partial charge on any atom is -0.507 e. The minimum atomic E-state index is -0.780. The second-order valence-corrected chi connectivity index (χ2v) is 10.3. The molecule has 0 bridgehead atoms. The second kappa shape index (κ2) is 9.65. The van der Waals surface area contributed by atoms with E-state index in [1.54, 1.807) is 24.3 Å². The number of anilines is 1. The first kappa shape index (κ1) is 25.2. The van der Waals surface area contributed by atoms with Gasteiger partial charge >= 0.3 is 0 Å². The van der Waals surface area contributed by atoms with Gasteiger partial charge in [0.1, 0.15) is 11.5 Å². The Bertz CT molecular complexity index is 1350. The fraction of sp³-hybridized carbons (Fsp3) is 0.290. The molecule has 1 atom stereocenters. The molecule has 4 rings (SSSR count). The Hall–Kier alpha value is -3.86. The zero-order valence-corrected chi connectivity index (χ0v) is 21.8. The Balaban J connectivity index is 1.93. The lowest BCUT2D eigenvalue weighted by Crippen LogP contribution is -2.29. The summed E-state index contributed by atoms with van der Waals surface area (Å²) in [6.45, 7) is 12.7. The van der Waals surface area contributed by atoms with E-state index in [0.717, 1.165) is 22.3 Å². The molecule has 36 heavy (non-hydrogen) atoms. The van der Waals surface area contributed by atoms with Gasteiger partial charge < -0.3 is 9.84 Å². The number of aliphatic hydroxyl groups is 1. The fourth-order valence-electron chi connectivity index (χ4n) is 4.51. The standard InChI is InChI=1S/C31H33NO4/c1-7-36-25-10-8-9-24(18-25)32-27(21-13-15-23(16-14-21)31(4,5)6)26(29(34)30(32)35)28(33)22-12-11-19(2)20(3)17-22/h8-18,27,33H,7H2,1-6H3/b28-26+. The maximum absolute atomic E-state index is 13.4. The lowest BCUT2D eigenvalue weighted by atomic mass is 9.85. The van der Waals surface area contributed by atoms with Crippen molar-refractivity contribution >= 4 is 23.1 Å². The number of rotatable bonds is 5. The predicted molar refractivity (Wildman–Crippen MR) is 143 cm³/mol. The molecule has 1 N–H and O–H groups in total. The molecule has 0 spiro atoms. The van der Waals surface area contributed by atoms with Gasteiger partial charge in [0.15, 0.2) is 0 Å². The number of amides is 1. The third kappa shape index (κ3) is 4.66. The molecule has 5 nitrogen and oxygen atoms in total. The number of ketones is 1. The molecular formula is C31H33NO4. The highest BCUT2D eigenvalue weighted by molar-refractivity contribution is 6.51. The van der Waals surface area contributed by atoms with Crippen molar-refractivity contribution in [3.63, 3.8) is 0 Å². The van der Waals surface area contributed by atoms with Gasteiger partial charge in [0, 0.05) is 17.3 Å². The van der Waals surface area contributed by atoms with Crippen LogP contribution in [0.15, 0.2) is 72.3 Å². The van der Waals surface area contributed by atoms with Crippen LogP contribution in [-0.4, -0.2) is 23.4 Å². The number of benzene rings is 3. The monoisotopic (exact) mass is 483 g/mol. The smallest absolute Gasteiger partial charge is 0.300 e. The van der Waals surface area contributed by atoms with Gasteiger partial charge in [-0.1, -0.05) is 63.2 Å². The van der Waals surface area contributed by atoms with Gasteiger partial charge in [-0.15, -0.1) is 0 Å². The third-order valence-corrected chi connectivity index (χ3v) is 6.72. The lowest BCUT2D eigenvalue weighted by Gasteiger charge is -2.27. The van der Waals surface area contributed by atoms with E-state index < -0.39 is 17.7 Å². The zero-order valence-electron chi connectivity index (χ0n) is 21.8. The molecule has 186 valence electrons. The highest BCUT2D eigenvalue weighted by Crippen LogP contribution is 2.43. The molecule has 1 fully saturated rings. The first-order valence-corrected chi connectivity index (χ1v) is 12.2. The van der Waals surface area contributed by atoms with Crippen LogP contribution in [-0.2, 0) is 15.0 Å². The average molecular weight is 484 g/mol. The fourth-order valence-corrected chi connectivity index (χ4v) is 4.51. The van der Waals surface area contributed by atoms with Crippen LogP contribution in [0.5, 0.6) is 5.75 Å². The predicted octanol–water partition coefficient (Wildman–Crippen LogP) is 6.63. The normalized spacial score (nSPS) is 17.5. The quantitative estimate of drug-likeness (QED) is 0.251. The van der Waals surface area contributed by atoms with Gasteiger partial charge in [0.05, 0.1) is 18.2 Å². The van der Waals surface area contributed by atoms with E-state index >= 15 is 0 Å². The maximum Gasteiger partial charge on any atom is 0.300 e. The second-order valence-electron chi connectivity index (χ2n) is 10.3. The molecular weight excluding hydrogens is 450 g/mol. The van der Waals surface area contributed by atoms with Crippen LogP contribution in [0.4, 0.5) is 5.69 Å². The van der Waals surface area contributed by atoms with Crippen LogP contribution < -0.4 is 9.64 Å². The van der Waals surface area contributed by atoms with Gasteiger partial charge in [-0.3, -0.25) is 14.5 Å². The molecule has 1 aliphatic heterocycles. The Morgan fingerprint density at radius 1 is 0.944 bits per heavy atom. The van der Waals surface area contributed by atoms with E-state index in [9.17, 15) is 14.7 Å². The molecule has 0 radical (unpaired) electrons. The van der Waals surface area contributed by atoms with Crippen molar-refractivity contribution in [1.82, 2.24) is 0 Å². The Morgan fingerprint density at radius 3 is 2.25 bits per heavy atom. The zero-order chi connectivity index (χ0) is 26.2. The van der Waals surface area contributed by atoms with Crippen molar-refractivity contribution in [3.05, 3.63) is 100 Å². The van der Waals surface area contributed by atoms with Crippen molar-refractivity contribution in [2.24, 2.45) is 0 Å². The summed E-state index contributed by atoms with van der Waals surface area (Å²) in [4.78, 5) is 28.3. The molecule has 0 aromatic heterocycles. The van der Waals surface area contributed by atoms with Crippen LogP contribution >= 0.6 is 0 Å². The van der Waals surface area contributed by atoms with Crippen LogP contribution in [0.2, 0.25) is 0 Å². The van der Waals surface area contributed by atoms with Crippen molar-refractivity contribution in [2.75, 3.05) is 11.5 Å². The topological polar surface area (TPSA) is 66.8 Å². The summed E-state index contributed by atoms with van der Waals surface area (Å²) < 4.78 is 5.65. The van der Waals surface area contributed by atoms with E-state index in [0.29, 0.717) is 23.6 Å². The van der Waals surface area contributed by atoms with Gasteiger partial charge in [-0.2, -0.15) is 0 Å². The highest BCUT2D eigenvalue weighted by atomic mass is 16.5. The summed E-state index contributed by atoms with van der Waals surface area (Å²) >= 11 is 0. The van der Waals surface area contributed by atoms with Crippen LogP contribution in [0, 0.1) is 13.8 Å². The van der Waals surface area contributed by atoms with E-state index in [1.807, 2.05) is 63.2 Å². The van der Waals surface area contributed by atoms with E-state index in [2.05, 4.69) is 20.8 Å². The lowest BCUT2D eigenvalue weighted by molar-refractivity contribution is -0.132. The molecule has 3 aromatic carbocycles. The first-order valence-electron chi connectivity index (χ1n) is 12.2. The number of carbonyl (C=O) groups is 2. The third-order valence-electron chi connectivity index (χ3n) is 6.72.